The van der Waals surface area contributed by atoms with E-state index in [9.17, 15) is 9.59 Å². The van der Waals surface area contributed by atoms with Crippen LogP contribution in [0.1, 0.15) is 26.7 Å². The fourth-order valence-electron chi connectivity index (χ4n) is 0.465. The lowest BCUT2D eigenvalue weighted by Gasteiger charge is -1.95. The van der Waals surface area contributed by atoms with Crippen LogP contribution in [0.5, 0.6) is 0 Å². The van der Waals surface area contributed by atoms with Crippen molar-refractivity contribution in [2.24, 2.45) is 0 Å². The van der Waals surface area contributed by atoms with Gasteiger partial charge < -0.3 is 19.7 Å². The number of carbonyl (C=O) groups is 2. The van der Waals surface area contributed by atoms with Crippen molar-refractivity contribution in [3.63, 3.8) is 0 Å². The molecule has 0 aromatic carbocycles. The van der Waals surface area contributed by atoms with Gasteiger partial charge in [-0.1, -0.05) is 13.8 Å². The average Bonchev–Trinajstić information content (AvgIpc) is 2.04. The lowest BCUT2D eigenvalue weighted by atomic mass is 10.5. The maximum atomic E-state index is 9.21. The molecular formula is C8H16O6. The van der Waals surface area contributed by atoms with Crippen LogP contribution in [0.4, 0.5) is 9.59 Å². The molecule has 0 saturated heterocycles. The Balaban J connectivity index is 0. The van der Waals surface area contributed by atoms with Crippen molar-refractivity contribution in [1.82, 2.24) is 0 Å². The first kappa shape index (κ1) is 15.2. The van der Waals surface area contributed by atoms with Gasteiger partial charge in [-0.25, -0.2) is 9.59 Å². The maximum Gasteiger partial charge on any atom is 0.516 e. The second-order valence-corrected chi connectivity index (χ2v) is 2.25. The molecule has 0 aliphatic carbocycles. The molecule has 0 rings (SSSR count). The Morgan fingerprint density at radius 2 is 1.36 bits per heavy atom. The van der Waals surface area contributed by atoms with E-state index in [0.717, 1.165) is 26.1 Å². The van der Waals surface area contributed by atoms with E-state index in [1.54, 1.807) is 0 Å². The van der Waals surface area contributed by atoms with Crippen molar-refractivity contribution < 1.29 is 29.3 Å². The van der Waals surface area contributed by atoms with E-state index in [1.165, 1.54) is 0 Å². The highest BCUT2D eigenvalue weighted by Gasteiger charge is 2.01. The largest absolute Gasteiger partial charge is 0.516 e. The van der Waals surface area contributed by atoms with Gasteiger partial charge >= 0.3 is 12.3 Å². The third kappa shape index (κ3) is 22.4. The first-order valence-corrected chi connectivity index (χ1v) is 4.26. The monoisotopic (exact) mass is 208 g/mol. The molecule has 0 heterocycles. The topological polar surface area (TPSA) is 93.1 Å². The van der Waals surface area contributed by atoms with Gasteiger partial charge in [0.25, 0.3) is 0 Å². The van der Waals surface area contributed by atoms with Crippen molar-refractivity contribution in [2.75, 3.05) is 13.2 Å². The summed E-state index contributed by atoms with van der Waals surface area (Å²) in [5, 5.41) is 15.0. The third-order valence-electron chi connectivity index (χ3n) is 0.872. The van der Waals surface area contributed by atoms with Crippen LogP contribution in [0.15, 0.2) is 0 Å². The average molecular weight is 208 g/mol. The summed E-state index contributed by atoms with van der Waals surface area (Å²) < 4.78 is 8.22. The van der Waals surface area contributed by atoms with Gasteiger partial charge in [0.1, 0.15) is 0 Å². The van der Waals surface area contributed by atoms with Crippen molar-refractivity contribution in [1.29, 1.82) is 0 Å². The maximum absolute atomic E-state index is 9.21. The van der Waals surface area contributed by atoms with Crippen LogP contribution in [0.2, 0.25) is 0 Å². The van der Waals surface area contributed by atoms with Gasteiger partial charge in [-0.15, -0.1) is 0 Å². The zero-order valence-corrected chi connectivity index (χ0v) is 8.36. The summed E-state index contributed by atoms with van der Waals surface area (Å²) in [7, 11) is 0. The molecule has 14 heavy (non-hydrogen) atoms. The summed E-state index contributed by atoms with van der Waals surface area (Å²) >= 11 is 0. The van der Waals surface area contributed by atoms with E-state index < -0.39 is 12.3 Å². The smallest absolute Gasteiger partial charge is 0.449 e. The third-order valence-corrected chi connectivity index (χ3v) is 0.872. The number of rotatable bonds is 4. The zero-order chi connectivity index (χ0) is 11.4. The highest BCUT2D eigenvalue weighted by atomic mass is 16.7. The molecule has 0 saturated carbocycles. The standard InChI is InChI=1S/C6H14O.C2H2O5/c1-3-5-7-6-4-2;3-1(4)7-2(5)6/h3-6H2,1-2H3;(H,3,4)(H,5,6). The molecule has 6 heteroatoms. The highest BCUT2D eigenvalue weighted by molar-refractivity contribution is 5.74. The molecule has 0 spiro atoms. The fraction of sp³-hybridized carbons (Fsp3) is 0.750. The van der Waals surface area contributed by atoms with E-state index in [2.05, 4.69) is 18.6 Å². The van der Waals surface area contributed by atoms with Crippen molar-refractivity contribution in [3.05, 3.63) is 0 Å². The van der Waals surface area contributed by atoms with Crippen LogP contribution in [-0.2, 0) is 9.47 Å². The van der Waals surface area contributed by atoms with Gasteiger partial charge in [-0.3, -0.25) is 0 Å². The minimum Gasteiger partial charge on any atom is -0.449 e. The zero-order valence-electron chi connectivity index (χ0n) is 8.36. The van der Waals surface area contributed by atoms with Gasteiger partial charge in [-0.2, -0.15) is 0 Å². The van der Waals surface area contributed by atoms with E-state index in [4.69, 9.17) is 14.9 Å². The molecule has 0 aliphatic heterocycles. The second-order valence-electron chi connectivity index (χ2n) is 2.25. The van der Waals surface area contributed by atoms with Gasteiger partial charge in [0.05, 0.1) is 0 Å². The summed E-state index contributed by atoms with van der Waals surface area (Å²) in [5.41, 5.74) is 0. The molecule has 0 radical (unpaired) electrons. The molecule has 84 valence electrons. The summed E-state index contributed by atoms with van der Waals surface area (Å²) in [6.07, 6.45) is -1.35. The summed E-state index contributed by atoms with van der Waals surface area (Å²) in [5.74, 6) is 0. The number of ether oxygens (including phenoxy) is 2. The minimum absolute atomic E-state index is 0.924. The summed E-state index contributed by atoms with van der Waals surface area (Å²) in [6.45, 7) is 6.09. The molecule has 0 unspecified atom stereocenters. The first-order chi connectivity index (χ1) is 6.54. The molecule has 0 fully saturated rings. The highest BCUT2D eigenvalue weighted by Crippen LogP contribution is 1.81. The van der Waals surface area contributed by atoms with E-state index >= 15 is 0 Å². The van der Waals surface area contributed by atoms with Crippen LogP contribution in [0.3, 0.4) is 0 Å². The van der Waals surface area contributed by atoms with Crippen molar-refractivity contribution >= 4 is 12.3 Å². The molecular weight excluding hydrogens is 192 g/mol. The lowest BCUT2D eigenvalue weighted by molar-refractivity contribution is 0.0802. The molecule has 0 bridgehead atoms. The minimum atomic E-state index is -1.81. The van der Waals surface area contributed by atoms with Gasteiger partial charge in [0.15, 0.2) is 0 Å². The van der Waals surface area contributed by atoms with Crippen LogP contribution >= 0.6 is 0 Å². The number of carboxylic acid groups (broad SMARTS) is 2. The number of hydrogen-bond acceptors (Lipinski definition) is 4. The fourth-order valence-corrected chi connectivity index (χ4v) is 0.465. The van der Waals surface area contributed by atoms with Crippen LogP contribution in [0.25, 0.3) is 0 Å². The van der Waals surface area contributed by atoms with Gasteiger partial charge in [-0.05, 0) is 12.8 Å². The predicted molar refractivity (Wildman–Crippen MR) is 48.5 cm³/mol. The van der Waals surface area contributed by atoms with Crippen LogP contribution in [0, 0.1) is 0 Å². The molecule has 6 nitrogen and oxygen atoms in total. The van der Waals surface area contributed by atoms with Crippen LogP contribution < -0.4 is 0 Å². The van der Waals surface area contributed by atoms with E-state index in [0.29, 0.717) is 0 Å². The Kier molecular flexibility index (Phi) is 12.7. The molecule has 0 aromatic rings. The quantitative estimate of drug-likeness (QED) is 0.418. The molecule has 2 N–H and O–H groups in total. The van der Waals surface area contributed by atoms with E-state index in [-0.39, 0.29) is 0 Å². The van der Waals surface area contributed by atoms with E-state index in [1.807, 2.05) is 0 Å². The molecule has 0 amide bonds. The Bertz CT molecular complexity index is 140. The Hall–Kier alpha value is -1.30. The Morgan fingerprint density at radius 1 is 1.00 bits per heavy atom. The Morgan fingerprint density at radius 3 is 1.50 bits per heavy atom. The van der Waals surface area contributed by atoms with Crippen molar-refractivity contribution in [3.8, 4) is 0 Å². The summed E-state index contributed by atoms with van der Waals surface area (Å²) in [4.78, 5) is 18.4. The van der Waals surface area contributed by atoms with Crippen molar-refractivity contribution in [2.45, 2.75) is 26.7 Å². The summed E-state index contributed by atoms with van der Waals surface area (Å²) in [6, 6.07) is 0. The normalized spacial score (nSPS) is 8.43. The number of hydrogen-bond donors (Lipinski definition) is 2. The predicted octanol–water partition coefficient (Wildman–Crippen LogP) is 2.18. The first-order valence-electron chi connectivity index (χ1n) is 4.26. The molecule has 0 atom stereocenters. The Labute approximate surface area is 82.4 Å². The molecule has 0 aromatic heterocycles. The van der Waals surface area contributed by atoms with Gasteiger partial charge in [0.2, 0.25) is 0 Å². The lowest BCUT2D eigenvalue weighted by Crippen LogP contribution is -2.05. The SMILES string of the molecule is CCCOCCC.O=C(O)OC(=O)O. The van der Waals surface area contributed by atoms with Crippen LogP contribution in [-0.4, -0.2) is 35.7 Å². The molecule has 0 aliphatic rings. The van der Waals surface area contributed by atoms with Gasteiger partial charge in [0, 0.05) is 13.2 Å². The second kappa shape index (κ2) is 11.7.